The van der Waals surface area contributed by atoms with Crippen LogP contribution in [-0.4, -0.2) is 17.9 Å². The lowest BCUT2D eigenvalue weighted by Crippen LogP contribution is -2.08. The Kier molecular flexibility index (Phi) is 5.28. The van der Waals surface area contributed by atoms with Crippen LogP contribution in [0, 0.1) is 6.92 Å². The molecule has 1 aromatic heterocycles. The van der Waals surface area contributed by atoms with Crippen molar-refractivity contribution in [2.24, 2.45) is 0 Å². The first-order chi connectivity index (χ1) is 12.6. The van der Waals surface area contributed by atoms with Crippen LogP contribution in [0.4, 0.5) is 0 Å². The van der Waals surface area contributed by atoms with Gasteiger partial charge in [0, 0.05) is 24.2 Å². The largest absolute Gasteiger partial charge is 0.496 e. The first-order valence-electron chi connectivity index (χ1n) is 8.47. The molecule has 0 radical (unpaired) electrons. The Hall–Kier alpha value is -3.20. The lowest BCUT2D eigenvalue weighted by Gasteiger charge is -2.12. The highest BCUT2D eigenvalue weighted by Gasteiger charge is 2.14. The zero-order valence-electron chi connectivity index (χ0n) is 15.0. The fourth-order valence-electron chi connectivity index (χ4n) is 3.00. The average Bonchev–Trinajstić information content (AvgIpc) is 2.69. The molecule has 0 spiro atoms. The number of carbonyl (C=O) groups excluding carboxylic acids is 1. The molecule has 0 aliphatic carbocycles. The highest BCUT2D eigenvalue weighted by atomic mass is 16.5. The molecule has 0 saturated heterocycles. The first kappa shape index (κ1) is 17.6. The number of methoxy groups -OCH3 is 1. The van der Waals surface area contributed by atoms with E-state index in [0.717, 1.165) is 27.8 Å². The second-order valence-corrected chi connectivity index (χ2v) is 6.07. The second kappa shape index (κ2) is 7.79. The van der Waals surface area contributed by atoms with Gasteiger partial charge in [-0.25, -0.2) is 0 Å². The number of Topliss-reactive ketones (excluding diaryl/α,β-unsaturated/α-hetero) is 1. The van der Waals surface area contributed by atoms with Gasteiger partial charge in [-0.1, -0.05) is 61.2 Å². The minimum absolute atomic E-state index is 0.0350. The number of ether oxygens (including phenoxy) is 1. The average molecular weight is 343 g/mol. The van der Waals surface area contributed by atoms with E-state index in [9.17, 15) is 4.79 Å². The van der Waals surface area contributed by atoms with Gasteiger partial charge in [-0.2, -0.15) is 0 Å². The highest BCUT2D eigenvalue weighted by molar-refractivity contribution is 5.96. The summed E-state index contributed by atoms with van der Waals surface area (Å²) in [4.78, 5) is 17.0. The SMILES string of the molecule is C=Cc1cnc(C(=O)Cc2cccc(-c3ccccc3)c2C)cc1OC. The van der Waals surface area contributed by atoms with E-state index in [-0.39, 0.29) is 5.78 Å². The van der Waals surface area contributed by atoms with E-state index in [2.05, 4.69) is 36.7 Å². The quantitative estimate of drug-likeness (QED) is 0.582. The molecule has 0 aliphatic rings. The van der Waals surface area contributed by atoms with Gasteiger partial charge in [0.2, 0.25) is 0 Å². The Morgan fingerprint density at radius 1 is 1.15 bits per heavy atom. The summed E-state index contributed by atoms with van der Waals surface area (Å²) < 4.78 is 5.31. The molecular formula is C23H21NO2. The van der Waals surface area contributed by atoms with E-state index in [1.54, 1.807) is 25.4 Å². The molecule has 3 heteroatoms. The normalized spacial score (nSPS) is 10.4. The van der Waals surface area contributed by atoms with E-state index in [4.69, 9.17) is 4.74 Å². The number of hydrogen-bond donors (Lipinski definition) is 0. The molecule has 1 heterocycles. The lowest BCUT2D eigenvalue weighted by molar-refractivity contribution is 0.0987. The third kappa shape index (κ3) is 3.57. The number of aromatic nitrogens is 1. The fourth-order valence-corrected chi connectivity index (χ4v) is 3.00. The Morgan fingerprint density at radius 2 is 1.92 bits per heavy atom. The van der Waals surface area contributed by atoms with Crippen LogP contribution in [0.15, 0.2) is 67.4 Å². The summed E-state index contributed by atoms with van der Waals surface area (Å²) in [5.41, 5.74) is 5.58. The van der Waals surface area contributed by atoms with Crippen LogP contribution >= 0.6 is 0 Å². The summed E-state index contributed by atoms with van der Waals surface area (Å²) in [5, 5.41) is 0. The molecular weight excluding hydrogens is 322 g/mol. The van der Waals surface area contributed by atoms with E-state index in [1.165, 1.54) is 0 Å². The summed E-state index contributed by atoms with van der Waals surface area (Å²) in [6, 6.07) is 17.9. The zero-order valence-corrected chi connectivity index (χ0v) is 15.0. The fraction of sp³-hybridized carbons (Fsp3) is 0.130. The molecule has 130 valence electrons. The van der Waals surface area contributed by atoms with Crippen LogP contribution in [0.5, 0.6) is 5.75 Å². The maximum Gasteiger partial charge on any atom is 0.185 e. The van der Waals surface area contributed by atoms with E-state index in [0.29, 0.717) is 17.9 Å². The number of pyridine rings is 1. The summed E-state index contributed by atoms with van der Waals surface area (Å²) in [5.74, 6) is 0.570. The van der Waals surface area contributed by atoms with Gasteiger partial charge in [-0.15, -0.1) is 0 Å². The Labute approximate surface area is 154 Å². The molecule has 3 rings (SSSR count). The summed E-state index contributed by atoms with van der Waals surface area (Å²) >= 11 is 0. The Balaban J connectivity index is 1.90. The molecule has 26 heavy (non-hydrogen) atoms. The van der Waals surface area contributed by atoms with Crippen LogP contribution < -0.4 is 4.74 Å². The van der Waals surface area contributed by atoms with Crippen molar-refractivity contribution >= 4 is 11.9 Å². The lowest BCUT2D eigenvalue weighted by atomic mass is 9.93. The maximum atomic E-state index is 12.7. The summed E-state index contributed by atoms with van der Waals surface area (Å²) in [6.45, 7) is 5.78. The molecule has 0 fully saturated rings. The smallest absolute Gasteiger partial charge is 0.185 e. The number of carbonyl (C=O) groups is 1. The molecule has 0 N–H and O–H groups in total. The predicted molar refractivity (Wildman–Crippen MR) is 106 cm³/mol. The van der Waals surface area contributed by atoms with Gasteiger partial charge < -0.3 is 4.74 Å². The predicted octanol–water partition coefficient (Wildman–Crippen LogP) is 5.13. The standard InChI is InChI=1S/C23H21NO2/c1-4-17-15-24-21(14-23(17)26-3)22(25)13-19-11-8-12-20(16(19)2)18-9-6-5-7-10-18/h4-12,14-15H,1,13H2,2-3H3. The van der Waals surface area contributed by atoms with E-state index < -0.39 is 0 Å². The van der Waals surface area contributed by atoms with Gasteiger partial charge in [0.1, 0.15) is 11.4 Å². The van der Waals surface area contributed by atoms with Crippen molar-refractivity contribution in [2.75, 3.05) is 7.11 Å². The van der Waals surface area contributed by atoms with Crippen molar-refractivity contribution in [3.8, 4) is 16.9 Å². The molecule has 0 amide bonds. The van der Waals surface area contributed by atoms with Crippen LogP contribution in [0.1, 0.15) is 27.2 Å². The molecule has 0 saturated carbocycles. The van der Waals surface area contributed by atoms with Gasteiger partial charge >= 0.3 is 0 Å². The maximum absolute atomic E-state index is 12.7. The topological polar surface area (TPSA) is 39.2 Å². The Morgan fingerprint density at radius 3 is 2.62 bits per heavy atom. The molecule has 2 aromatic carbocycles. The zero-order chi connectivity index (χ0) is 18.5. The van der Waals surface area contributed by atoms with Gasteiger partial charge in [0.05, 0.1) is 7.11 Å². The Bertz CT molecular complexity index is 946. The van der Waals surface area contributed by atoms with Crippen molar-refractivity contribution in [1.82, 2.24) is 4.98 Å². The number of rotatable bonds is 6. The molecule has 0 aliphatic heterocycles. The van der Waals surface area contributed by atoms with Crippen molar-refractivity contribution in [3.63, 3.8) is 0 Å². The van der Waals surface area contributed by atoms with Gasteiger partial charge in [-0.3, -0.25) is 9.78 Å². The first-order valence-corrected chi connectivity index (χ1v) is 8.47. The van der Waals surface area contributed by atoms with Gasteiger partial charge in [0.25, 0.3) is 0 Å². The van der Waals surface area contributed by atoms with Crippen molar-refractivity contribution in [3.05, 3.63) is 89.8 Å². The summed E-state index contributed by atoms with van der Waals surface area (Å²) in [6.07, 6.45) is 3.58. The van der Waals surface area contributed by atoms with Crippen molar-refractivity contribution < 1.29 is 9.53 Å². The van der Waals surface area contributed by atoms with E-state index in [1.807, 2.05) is 30.3 Å². The second-order valence-electron chi connectivity index (χ2n) is 6.07. The van der Waals surface area contributed by atoms with Crippen molar-refractivity contribution in [2.45, 2.75) is 13.3 Å². The third-order valence-corrected chi connectivity index (χ3v) is 4.50. The van der Waals surface area contributed by atoms with Crippen LogP contribution in [0.2, 0.25) is 0 Å². The molecule has 0 bridgehead atoms. The van der Waals surface area contributed by atoms with Crippen LogP contribution in [-0.2, 0) is 6.42 Å². The molecule has 3 aromatic rings. The molecule has 0 unspecified atom stereocenters. The van der Waals surface area contributed by atoms with Gasteiger partial charge in [-0.05, 0) is 29.2 Å². The number of ketones is 1. The molecule has 0 atom stereocenters. The highest BCUT2D eigenvalue weighted by Crippen LogP contribution is 2.27. The number of benzene rings is 2. The molecule has 3 nitrogen and oxygen atoms in total. The van der Waals surface area contributed by atoms with Gasteiger partial charge in [0.15, 0.2) is 5.78 Å². The monoisotopic (exact) mass is 343 g/mol. The van der Waals surface area contributed by atoms with Crippen molar-refractivity contribution in [1.29, 1.82) is 0 Å². The summed E-state index contributed by atoms with van der Waals surface area (Å²) in [7, 11) is 1.57. The van der Waals surface area contributed by atoms with E-state index >= 15 is 0 Å². The number of hydrogen-bond acceptors (Lipinski definition) is 3. The van der Waals surface area contributed by atoms with Crippen LogP contribution in [0.25, 0.3) is 17.2 Å². The van der Waals surface area contributed by atoms with Crippen LogP contribution in [0.3, 0.4) is 0 Å². The minimum atomic E-state index is -0.0350. The number of nitrogens with zero attached hydrogens (tertiary/aromatic N) is 1. The minimum Gasteiger partial charge on any atom is -0.496 e. The third-order valence-electron chi connectivity index (χ3n) is 4.50.